The molecule has 1 aromatic heterocycles. The van der Waals surface area contributed by atoms with Crippen molar-refractivity contribution >= 4 is 23.4 Å². The number of carbonyl (C=O) groups is 1. The second-order valence-electron chi connectivity index (χ2n) is 2.20. The molecule has 4 nitrogen and oxygen atoms in total. The predicted octanol–water partition coefficient (Wildman–Crippen LogP) is 0.983. The molecule has 1 heterocycles. The molecule has 0 aromatic carbocycles. The molecule has 0 radical (unpaired) electrons. The quantitative estimate of drug-likeness (QED) is 0.420. The SMILES string of the molecule is CSc1ncnc(N)c1C(C)=O. The van der Waals surface area contributed by atoms with Gasteiger partial charge in [-0.05, 0) is 13.2 Å². The van der Waals surface area contributed by atoms with Crippen LogP contribution in [0.3, 0.4) is 0 Å². The van der Waals surface area contributed by atoms with Crippen molar-refractivity contribution in [1.82, 2.24) is 9.97 Å². The number of nitrogens with zero attached hydrogens (tertiary/aromatic N) is 2. The molecule has 0 aliphatic heterocycles. The highest BCUT2D eigenvalue weighted by molar-refractivity contribution is 7.98. The zero-order valence-corrected chi connectivity index (χ0v) is 7.68. The number of carbonyl (C=O) groups excluding carboxylic acids is 1. The monoisotopic (exact) mass is 183 g/mol. The molecule has 0 bridgehead atoms. The second kappa shape index (κ2) is 3.53. The van der Waals surface area contributed by atoms with Gasteiger partial charge >= 0.3 is 0 Å². The van der Waals surface area contributed by atoms with E-state index in [9.17, 15) is 4.79 Å². The van der Waals surface area contributed by atoms with Crippen molar-refractivity contribution in [2.24, 2.45) is 0 Å². The molecule has 0 amide bonds. The number of thioether (sulfide) groups is 1. The third kappa shape index (κ3) is 1.55. The molecule has 0 aliphatic rings. The van der Waals surface area contributed by atoms with E-state index in [-0.39, 0.29) is 11.6 Å². The van der Waals surface area contributed by atoms with Gasteiger partial charge < -0.3 is 5.73 Å². The molecule has 12 heavy (non-hydrogen) atoms. The maximum Gasteiger partial charge on any atom is 0.166 e. The lowest BCUT2D eigenvalue weighted by atomic mass is 10.2. The van der Waals surface area contributed by atoms with Crippen molar-refractivity contribution in [2.75, 3.05) is 12.0 Å². The zero-order valence-electron chi connectivity index (χ0n) is 6.87. The minimum atomic E-state index is -0.0996. The number of Topliss-reactive ketones (excluding diaryl/α,β-unsaturated/α-hetero) is 1. The largest absolute Gasteiger partial charge is 0.383 e. The van der Waals surface area contributed by atoms with E-state index in [4.69, 9.17) is 5.73 Å². The van der Waals surface area contributed by atoms with E-state index in [0.29, 0.717) is 10.6 Å². The Morgan fingerprint density at radius 1 is 1.58 bits per heavy atom. The van der Waals surface area contributed by atoms with Gasteiger partial charge in [0, 0.05) is 0 Å². The van der Waals surface area contributed by atoms with Gasteiger partial charge in [0.25, 0.3) is 0 Å². The van der Waals surface area contributed by atoms with Crippen LogP contribution in [0.5, 0.6) is 0 Å². The summed E-state index contributed by atoms with van der Waals surface area (Å²) in [6.45, 7) is 1.45. The summed E-state index contributed by atoms with van der Waals surface area (Å²) in [5.74, 6) is 0.152. The number of hydrogen-bond acceptors (Lipinski definition) is 5. The number of hydrogen-bond donors (Lipinski definition) is 1. The lowest BCUT2D eigenvalue weighted by molar-refractivity contribution is 0.101. The lowest BCUT2D eigenvalue weighted by Gasteiger charge is -2.03. The molecule has 0 unspecified atom stereocenters. The molecule has 0 atom stereocenters. The van der Waals surface area contributed by atoms with Crippen molar-refractivity contribution in [2.45, 2.75) is 11.9 Å². The fourth-order valence-corrected chi connectivity index (χ4v) is 1.47. The van der Waals surface area contributed by atoms with Gasteiger partial charge in [-0.15, -0.1) is 11.8 Å². The molecule has 0 aliphatic carbocycles. The number of aromatic nitrogens is 2. The van der Waals surface area contributed by atoms with Crippen LogP contribution in [0.25, 0.3) is 0 Å². The van der Waals surface area contributed by atoms with E-state index in [1.54, 1.807) is 0 Å². The van der Waals surface area contributed by atoms with Crippen LogP contribution in [0.4, 0.5) is 5.82 Å². The van der Waals surface area contributed by atoms with Crippen molar-refractivity contribution in [1.29, 1.82) is 0 Å². The van der Waals surface area contributed by atoms with Gasteiger partial charge in [0.15, 0.2) is 5.78 Å². The van der Waals surface area contributed by atoms with E-state index in [1.165, 1.54) is 25.0 Å². The fourth-order valence-electron chi connectivity index (χ4n) is 0.868. The molecule has 0 spiro atoms. The third-order valence-electron chi connectivity index (χ3n) is 1.39. The van der Waals surface area contributed by atoms with Crippen molar-refractivity contribution in [3.8, 4) is 0 Å². The van der Waals surface area contributed by atoms with Crippen LogP contribution in [0.15, 0.2) is 11.4 Å². The van der Waals surface area contributed by atoms with E-state index in [1.807, 2.05) is 6.26 Å². The lowest BCUT2D eigenvalue weighted by Crippen LogP contribution is -2.05. The molecule has 1 rings (SSSR count). The standard InChI is InChI=1S/C7H9N3OS/c1-4(11)5-6(8)9-3-10-7(5)12-2/h3H,1-2H3,(H2,8,9,10). The summed E-state index contributed by atoms with van der Waals surface area (Å²) < 4.78 is 0. The maximum absolute atomic E-state index is 11.1. The fraction of sp³-hybridized carbons (Fsp3) is 0.286. The minimum absolute atomic E-state index is 0.0996. The summed E-state index contributed by atoms with van der Waals surface area (Å²) in [7, 11) is 0. The van der Waals surface area contributed by atoms with Crippen molar-refractivity contribution in [3.05, 3.63) is 11.9 Å². The average molecular weight is 183 g/mol. The van der Waals surface area contributed by atoms with Gasteiger partial charge in [-0.1, -0.05) is 0 Å². The average Bonchev–Trinajstić information content (AvgIpc) is 2.03. The second-order valence-corrected chi connectivity index (χ2v) is 2.99. The smallest absolute Gasteiger partial charge is 0.166 e. The summed E-state index contributed by atoms with van der Waals surface area (Å²) in [5, 5.41) is 0.634. The zero-order chi connectivity index (χ0) is 9.14. The highest BCUT2D eigenvalue weighted by Crippen LogP contribution is 2.20. The van der Waals surface area contributed by atoms with Gasteiger partial charge in [0.1, 0.15) is 17.2 Å². The molecular weight excluding hydrogens is 174 g/mol. The van der Waals surface area contributed by atoms with Gasteiger partial charge in [0.2, 0.25) is 0 Å². The highest BCUT2D eigenvalue weighted by atomic mass is 32.2. The first-order valence-corrected chi connectivity index (χ1v) is 4.54. The van der Waals surface area contributed by atoms with Crippen LogP contribution < -0.4 is 5.73 Å². The Balaban J connectivity index is 3.29. The highest BCUT2D eigenvalue weighted by Gasteiger charge is 2.11. The maximum atomic E-state index is 11.1. The normalized spacial score (nSPS) is 9.83. The Labute approximate surface area is 74.6 Å². The summed E-state index contributed by atoms with van der Waals surface area (Å²) in [6, 6.07) is 0. The molecule has 1 aromatic rings. The van der Waals surface area contributed by atoms with Gasteiger partial charge in [-0.2, -0.15) is 0 Å². The molecule has 2 N–H and O–H groups in total. The Bertz CT molecular complexity index is 314. The Morgan fingerprint density at radius 2 is 2.25 bits per heavy atom. The molecule has 0 fully saturated rings. The first-order chi connectivity index (χ1) is 5.66. The molecular formula is C7H9N3OS. The molecule has 0 saturated carbocycles. The van der Waals surface area contributed by atoms with Crippen LogP contribution in [-0.4, -0.2) is 22.0 Å². The first kappa shape index (κ1) is 8.99. The van der Waals surface area contributed by atoms with E-state index >= 15 is 0 Å². The Hall–Kier alpha value is -1.10. The van der Waals surface area contributed by atoms with Gasteiger partial charge in [-0.3, -0.25) is 4.79 Å². The molecule has 64 valence electrons. The summed E-state index contributed by atoms with van der Waals surface area (Å²) >= 11 is 1.39. The van der Waals surface area contributed by atoms with Crippen LogP contribution in [0.2, 0.25) is 0 Å². The van der Waals surface area contributed by atoms with Crippen molar-refractivity contribution < 1.29 is 4.79 Å². The minimum Gasteiger partial charge on any atom is -0.383 e. The van der Waals surface area contributed by atoms with Crippen LogP contribution in [-0.2, 0) is 0 Å². The Kier molecular flexibility index (Phi) is 2.65. The third-order valence-corrected chi connectivity index (χ3v) is 2.08. The van der Waals surface area contributed by atoms with Crippen molar-refractivity contribution in [3.63, 3.8) is 0 Å². The number of nitrogen functional groups attached to an aromatic ring is 1. The van der Waals surface area contributed by atoms with Crippen LogP contribution >= 0.6 is 11.8 Å². The predicted molar refractivity (Wildman–Crippen MR) is 48.2 cm³/mol. The summed E-state index contributed by atoms with van der Waals surface area (Å²) in [4.78, 5) is 18.7. The van der Waals surface area contributed by atoms with Gasteiger partial charge in [-0.25, -0.2) is 9.97 Å². The number of nitrogens with two attached hydrogens (primary N) is 1. The van der Waals surface area contributed by atoms with E-state index in [0.717, 1.165) is 0 Å². The first-order valence-electron chi connectivity index (χ1n) is 3.32. The number of anilines is 1. The summed E-state index contributed by atoms with van der Waals surface area (Å²) in [6.07, 6.45) is 3.20. The van der Waals surface area contributed by atoms with Gasteiger partial charge in [0.05, 0.1) is 5.56 Å². The van der Waals surface area contributed by atoms with E-state index < -0.39 is 0 Å². The number of ketones is 1. The number of rotatable bonds is 2. The van der Waals surface area contributed by atoms with Crippen LogP contribution in [0, 0.1) is 0 Å². The van der Waals surface area contributed by atoms with Crippen LogP contribution in [0.1, 0.15) is 17.3 Å². The topological polar surface area (TPSA) is 68.9 Å². The van der Waals surface area contributed by atoms with E-state index in [2.05, 4.69) is 9.97 Å². The Morgan fingerprint density at radius 3 is 2.67 bits per heavy atom. The molecule has 5 heteroatoms. The summed E-state index contributed by atoms with van der Waals surface area (Å²) in [5.41, 5.74) is 5.93. The molecule has 0 saturated heterocycles.